The van der Waals surface area contributed by atoms with E-state index in [9.17, 15) is 5.26 Å². The van der Waals surface area contributed by atoms with Crippen molar-refractivity contribution in [1.82, 2.24) is 10.2 Å². The van der Waals surface area contributed by atoms with Crippen molar-refractivity contribution in [2.24, 2.45) is 5.92 Å². The van der Waals surface area contributed by atoms with Gasteiger partial charge in [0.25, 0.3) is 0 Å². The van der Waals surface area contributed by atoms with Gasteiger partial charge in [0, 0.05) is 12.1 Å². The van der Waals surface area contributed by atoms with Gasteiger partial charge in [-0.15, -0.1) is 0 Å². The van der Waals surface area contributed by atoms with Crippen LogP contribution in [0.1, 0.15) is 72.6 Å². The van der Waals surface area contributed by atoms with Gasteiger partial charge in [-0.25, -0.2) is 0 Å². The van der Waals surface area contributed by atoms with Crippen molar-refractivity contribution in [2.45, 2.75) is 90.3 Å². The van der Waals surface area contributed by atoms with E-state index in [-0.39, 0.29) is 5.54 Å². The third-order valence-corrected chi connectivity index (χ3v) is 5.03. The predicted molar refractivity (Wildman–Crippen MR) is 90.2 cm³/mol. The van der Waals surface area contributed by atoms with Crippen LogP contribution in [0.4, 0.5) is 0 Å². The molecule has 1 aliphatic rings. The first-order valence-electron chi connectivity index (χ1n) is 8.81. The number of hydrogen-bond donors (Lipinski definition) is 1. The molecule has 0 radical (unpaired) electrons. The quantitative estimate of drug-likeness (QED) is 0.736. The van der Waals surface area contributed by atoms with Crippen molar-refractivity contribution in [3.63, 3.8) is 0 Å². The largest absolute Gasteiger partial charge is 0.303 e. The van der Waals surface area contributed by atoms with Crippen LogP contribution < -0.4 is 5.32 Å². The van der Waals surface area contributed by atoms with Gasteiger partial charge < -0.3 is 4.90 Å². The van der Waals surface area contributed by atoms with E-state index in [1.807, 2.05) is 0 Å². The monoisotopic (exact) mass is 293 g/mol. The van der Waals surface area contributed by atoms with Crippen molar-refractivity contribution in [3.8, 4) is 6.07 Å². The van der Waals surface area contributed by atoms with Gasteiger partial charge in [-0.1, -0.05) is 26.7 Å². The second-order valence-electron chi connectivity index (χ2n) is 7.36. The van der Waals surface area contributed by atoms with Crippen LogP contribution in [0.2, 0.25) is 0 Å². The zero-order chi connectivity index (χ0) is 15.9. The normalized spacial score (nSPS) is 25.8. The fraction of sp³-hybridized carbons (Fsp3) is 0.944. The Balaban J connectivity index is 2.41. The molecule has 0 aromatic rings. The molecule has 0 aliphatic heterocycles. The van der Waals surface area contributed by atoms with Crippen LogP contribution in [0.15, 0.2) is 0 Å². The third-order valence-electron chi connectivity index (χ3n) is 5.03. The van der Waals surface area contributed by atoms with Gasteiger partial charge in [0.15, 0.2) is 0 Å². The highest BCUT2D eigenvalue weighted by Gasteiger charge is 2.28. The molecule has 1 saturated carbocycles. The van der Waals surface area contributed by atoms with Crippen molar-refractivity contribution in [1.29, 1.82) is 5.26 Å². The Morgan fingerprint density at radius 3 is 2.62 bits per heavy atom. The van der Waals surface area contributed by atoms with Crippen LogP contribution in [-0.4, -0.2) is 36.1 Å². The van der Waals surface area contributed by atoms with Crippen molar-refractivity contribution in [3.05, 3.63) is 0 Å². The van der Waals surface area contributed by atoms with Crippen LogP contribution in [0.3, 0.4) is 0 Å². The van der Waals surface area contributed by atoms with Crippen LogP contribution in [0, 0.1) is 17.2 Å². The van der Waals surface area contributed by atoms with E-state index >= 15 is 0 Å². The second kappa shape index (κ2) is 8.76. The summed E-state index contributed by atoms with van der Waals surface area (Å²) in [5, 5.41) is 13.0. The molecule has 0 saturated heterocycles. The third kappa shape index (κ3) is 5.96. The van der Waals surface area contributed by atoms with Crippen molar-refractivity contribution >= 4 is 0 Å². The second-order valence-corrected chi connectivity index (χ2v) is 7.36. The first-order valence-corrected chi connectivity index (χ1v) is 8.81. The number of rotatable bonds is 8. The summed E-state index contributed by atoms with van der Waals surface area (Å²) in [6.45, 7) is 9.85. The van der Waals surface area contributed by atoms with E-state index in [0.29, 0.717) is 6.04 Å². The van der Waals surface area contributed by atoms with E-state index in [1.54, 1.807) is 0 Å². The minimum absolute atomic E-state index is 0.338. The van der Waals surface area contributed by atoms with E-state index in [2.05, 4.69) is 51.0 Å². The fourth-order valence-corrected chi connectivity index (χ4v) is 3.69. The van der Waals surface area contributed by atoms with Gasteiger partial charge in [-0.05, 0) is 65.5 Å². The zero-order valence-corrected chi connectivity index (χ0v) is 14.8. The standard InChI is InChI=1S/C18H35N3/c1-6-18(14-19,20-15(2)3)11-8-12-21(5)17-10-7-9-16(4)13-17/h15-17,20H,6-13H2,1-5H3. The Bertz CT molecular complexity index is 334. The molecule has 3 nitrogen and oxygen atoms in total. The zero-order valence-electron chi connectivity index (χ0n) is 14.8. The van der Waals surface area contributed by atoms with Crippen LogP contribution in [0.25, 0.3) is 0 Å². The number of nitrogens with zero attached hydrogens (tertiary/aromatic N) is 2. The first kappa shape index (κ1) is 18.5. The van der Waals surface area contributed by atoms with E-state index < -0.39 is 0 Å². The van der Waals surface area contributed by atoms with Gasteiger partial charge in [-0.3, -0.25) is 5.32 Å². The number of nitriles is 1. The van der Waals surface area contributed by atoms with E-state index in [0.717, 1.165) is 37.8 Å². The van der Waals surface area contributed by atoms with Crippen molar-refractivity contribution < 1.29 is 0 Å². The molecule has 3 heteroatoms. The van der Waals surface area contributed by atoms with E-state index in [1.165, 1.54) is 25.7 Å². The molecule has 3 unspecified atom stereocenters. The molecule has 1 N–H and O–H groups in total. The van der Waals surface area contributed by atoms with Gasteiger partial charge in [-0.2, -0.15) is 5.26 Å². The molecular formula is C18H35N3. The molecule has 3 atom stereocenters. The average Bonchev–Trinajstić information content (AvgIpc) is 2.45. The van der Waals surface area contributed by atoms with Gasteiger partial charge in [0.2, 0.25) is 0 Å². The molecule has 0 spiro atoms. The summed E-state index contributed by atoms with van der Waals surface area (Å²) < 4.78 is 0. The maximum absolute atomic E-state index is 9.55. The summed E-state index contributed by atoms with van der Waals surface area (Å²) in [7, 11) is 2.26. The Kier molecular flexibility index (Phi) is 7.70. The van der Waals surface area contributed by atoms with Gasteiger partial charge >= 0.3 is 0 Å². The smallest absolute Gasteiger partial charge is 0.106 e. The van der Waals surface area contributed by atoms with Crippen LogP contribution >= 0.6 is 0 Å². The highest BCUT2D eigenvalue weighted by atomic mass is 15.1. The average molecular weight is 293 g/mol. The highest BCUT2D eigenvalue weighted by molar-refractivity contribution is 5.06. The minimum atomic E-state index is -0.338. The topological polar surface area (TPSA) is 39.1 Å². The van der Waals surface area contributed by atoms with Crippen LogP contribution in [0.5, 0.6) is 0 Å². The molecule has 0 aromatic carbocycles. The molecule has 1 fully saturated rings. The number of hydrogen-bond acceptors (Lipinski definition) is 3. The highest BCUT2D eigenvalue weighted by Crippen LogP contribution is 2.27. The lowest BCUT2D eigenvalue weighted by Crippen LogP contribution is -2.47. The fourth-order valence-electron chi connectivity index (χ4n) is 3.69. The maximum atomic E-state index is 9.55. The number of nitrogens with one attached hydrogen (secondary N) is 1. The summed E-state index contributed by atoms with van der Waals surface area (Å²) in [5.41, 5.74) is -0.338. The first-order chi connectivity index (χ1) is 9.92. The molecule has 21 heavy (non-hydrogen) atoms. The Hall–Kier alpha value is -0.590. The van der Waals surface area contributed by atoms with Gasteiger partial charge in [0.1, 0.15) is 5.54 Å². The van der Waals surface area contributed by atoms with E-state index in [4.69, 9.17) is 0 Å². The Labute approximate surface area is 132 Å². The minimum Gasteiger partial charge on any atom is -0.303 e. The van der Waals surface area contributed by atoms with Gasteiger partial charge in [0.05, 0.1) is 6.07 Å². The summed E-state index contributed by atoms with van der Waals surface area (Å²) >= 11 is 0. The lowest BCUT2D eigenvalue weighted by atomic mass is 9.86. The predicted octanol–water partition coefficient (Wildman–Crippen LogP) is 3.95. The molecule has 1 rings (SSSR count). The molecule has 0 amide bonds. The molecule has 0 bridgehead atoms. The maximum Gasteiger partial charge on any atom is 0.106 e. The van der Waals surface area contributed by atoms with Crippen LogP contribution in [-0.2, 0) is 0 Å². The Morgan fingerprint density at radius 2 is 2.10 bits per heavy atom. The SMILES string of the molecule is CCC(C#N)(CCCN(C)C1CCCC(C)C1)NC(C)C. The summed E-state index contributed by atoms with van der Waals surface area (Å²) in [6.07, 6.45) is 8.40. The van der Waals surface area contributed by atoms with Crippen molar-refractivity contribution in [2.75, 3.05) is 13.6 Å². The lowest BCUT2D eigenvalue weighted by Gasteiger charge is -2.35. The molecule has 0 aromatic heterocycles. The molecule has 0 heterocycles. The lowest BCUT2D eigenvalue weighted by molar-refractivity contribution is 0.158. The summed E-state index contributed by atoms with van der Waals surface area (Å²) in [5.74, 6) is 0.877. The summed E-state index contributed by atoms with van der Waals surface area (Å²) in [6, 6.07) is 3.64. The molecule has 1 aliphatic carbocycles. The molecular weight excluding hydrogens is 258 g/mol. The molecule has 122 valence electrons. The Morgan fingerprint density at radius 1 is 1.38 bits per heavy atom. The summed E-state index contributed by atoms with van der Waals surface area (Å²) in [4.78, 5) is 2.53.